The number of phenolic OH excluding ortho intramolecular Hbond substituents is 2. The molecule has 0 aliphatic rings. The van der Waals surface area contributed by atoms with Crippen LogP contribution < -0.4 is 9.47 Å². The van der Waals surface area contributed by atoms with Gasteiger partial charge in [-0.1, -0.05) is 11.6 Å². The van der Waals surface area contributed by atoms with Gasteiger partial charge in [0, 0.05) is 22.4 Å². The Labute approximate surface area is 150 Å². The maximum absolute atomic E-state index is 12.3. The van der Waals surface area contributed by atoms with E-state index in [4.69, 9.17) is 21.1 Å². The van der Waals surface area contributed by atoms with Crippen molar-refractivity contribution < 1.29 is 24.5 Å². The summed E-state index contributed by atoms with van der Waals surface area (Å²) in [5, 5.41) is 20.3. The molecule has 2 rings (SSSR count). The van der Waals surface area contributed by atoms with Crippen LogP contribution >= 0.6 is 11.6 Å². The number of rotatable bonds is 6. The minimum Gasteiger partial charge on any atom is -0.507 e. The molecule has 0 amide bonds. The number of Topliss-reactive ketones (excluding diaryl/α,β-unsaturated/α-hetero) is 1. The fraction of sp³-hybridized carbons (Fsp3) is 0.222. The number of aliphatic imine (C=N–C) groups is 1. The van der Waals surface area contributed by atoms with E-state index >= 15 is 0 Å². The highest BCUT2D eigenvalue weighted by atomic mass is 35.5. The van der Waals surface area contributed by atoms with Gasteiger partial charge in [0.15, 0.2) is 17.3 Å². The topological polar surface area (TPSA) is 88.4 Å². The molecule has 0 spiro atoms. The second kappa shape index (κ2) is 7.90. The molecule has 0 saturated carbocycles. The van der Waals surface area contributed by atoms with Crippen LogP contribution in [-0.4, -0.2) is 43.0 Å². The van der Waals surface area contributed by atoms with Crippen LogP contribution in [0.2, 0.25) is 5.02 Å². The first-order chi connectivity index (χ1) is 11.9. The van der Waals surface area contributed by atoms with E-state index in [-0.39, 0.29) is 40.9 Å². The monoisotopic (exact) mass is 363 g/mol. The van der Waals surface area contributed by atoms with Crippen LogP contribution in [0.3, 0.4) is 0 Å². The zero-order valence-electron chi connectivity index (χ0n) is 14.0. The van der Waals surface area contributed by atoms with Crippen molar-refractivity contribution in [2.45, 2.75) is 6.92 Å². The van der Waals surface area contributed by atoms with Crippen LogP contribution in [0.5, 0.6) is 23.0 Å². The van der Waals surface area contributed by atoms with Crippen molar-refractivity contribution in [3.63, 3.8) is 0 Å². The minimum absolute atomic E-state index is 0.0635. The Hall–Kier alpha value is -2.73. The highest BCUT2D eigenvalue weighted by molar-refractivity contribution is 6.31. The second-order valence-electron chi connectivity index (χ2n) is 5.28. The van der Waals surface area contributed by atoms with Gasteiger partial charge in [0.2, 0.25) is 5.75 Å². The van der Waals surface area contributed by atoms with Gasteiger partial charge in [-0.15, -0.1) is 0 Å². The van der Waals surface area contributed by atoms with E-state index in [1.807, 2.05) is 0 Å². The maximum atomic E-state index is 12.3. The van der Waals surface area contributed by atoms with Crippen molar-refractivity contribution in [1.29, 1.82) is 0 Å². The molecule has 2 aromatic rings. The van der Waals surface area contributed by atoms with E-state index in [0.717, 1.165) is 0 Å². The van der Waals surface area contributed by atoms with Crippen LogP contribution in [0.1, 0.15) is 21.5 Å². The summed E-state index contributed by atoms with van der Waals surface area (Å²) < 4.78 is 10.1. The van der Waals surface area contributed by atoms with Crippen molar-refractivity contribution in [3.8, 4) is 23.0 Å². The SMILES string of the molecule is COc1cc(C(=O)CN=Cc2cc(Cl)cc(C)c2O)cc(OC)c1O. The van der Waals surface area contributed by atoms with Crippen LogP contribution in [0, 0.1) is 6.92 Å². The Morgan fingerprint density at radius 2 is 1.72 bits per heavy atom. The number of carbonyl (C=O) groups is 1. The van der Waals surface area contributed by atoms with Gasteiger partial charge in [-0.2, -0.15) is 0 Å². The molecular formula is C18H18ClNO5. The molecule has 25 heavy (non-hydrogen) atoms. The smallest absolute Gasteiger partial charge is 0.200 e. The number of aromatic hydroxyl groups is 2. The van der Waals surface area contributed by atoms with E-state index in [9.17, 15) is 15.0 Å². The lowest BCUT2D eigenvalue weighted by molar-refractivity contribution is 0.100. The molecule has 0 bridgehead atoms. The molecule has 0 radical (unpaired) electrons. The quantitative estimate of drug-likeness (QED) is 0.606. The summed E-state index contributed by atoms with van der Waals surface area (Å²) in [6.07, 6.45) is 1.39. The third kappa shape index (κ3) is 4.22. The Morgan fingerprint density at radius 3 is 2.28 bits per heavy atom. The largest absolute Gasteiger partial charge is 0.507 e. The predicted octanol–water partition coefficient (Wildman–Crippen LogP) is 3.38. The highest BCUT2D eigenvalue weighted by Crippen LogP contribution is 2.37. The molecule has 0 aliphatic heterocycles. The molecule has 0 aromatic heterocycles. The van der Waals surface area contributed by atoms with E-state index in [2.05, 4.69) is 4.99 Å². The summed E-state index contributed by atoms with van der Waals surface area (Å²) in [5.41, 5.74) is 1.34. The number of benzene rings is 2. The maximum Gasteiger partial charge on any atom is 0.200 e. The van der Waals surface area contributed by atoms with Gasteiger partial charge in [-0.25, -0.2) is 0 Å². The first kappa shape index (κ1) is 18.6. The number of ketones is 1. The Morgan fingerprint density at radius 1 is 1.12 bits per heavy atom. The van der Waals surface area contributed by atoms with E-state index in [1.165, 1.54) is 32.6 Å². The zero-order valence-corrected chi connectivity index (χ0v) is 14.8. The van der Waals surface area contributed by atoms with Gasteiger partial charge in [0.25, 0.3) is 0 Å². The summed E-state index contributed by atoms with van der Waals surface area (Å²) in [6.45, 7) is 1.57. The van der Waals surface area contributed by atoms with Crippen molar-refractivity contribution in [3.05, 3.63) is 46.0 Å². The molecular weight excluding hydrogens is 346 g/mol. The van der Waals surface area contributed by atoms with E-state index in [1.54, 1.807) is 19.1 Å². The molecule has 0 saturated heterocycles. The van der Waals surface area contributed by atoms with Gasteiger partial charge in [-0.05, 0) is 36.8 Å². The first-order valence-electron chi connectivity index (χ1n) is 7.34. The number of ether oxygens (including phenoxy) is 2. The zero-order chi connectivity index (χ0) is 18.6. The van der Waals surface area contributed by atoms with E-state index < -0.39 is 0 Å². The minimum atomic E-state index is -0.300. The summed E-state index contributed by atoms with van der Waals surface area (Å²) in [7, 11) is 2.76. The number of hydrogen-bond donors (Lipinski definition) is 2. The number of halogens is 1. The van der Waals surface area contributed by atoms with Crippen LogP contribution in [0.15, 0.2) is 29.3 Å². The molecule has 0 unspecified atom stereocenters. The standard InChI is InChI=1S/C18H18ClNO5/c1-10-4-13(19)5-12(17(10)22)8-20-9-14(21)11-6-15(24-2)18(23)16(7-11)25-3/h4-8,22-23H,9H2,1-3H3. The molecule has 7 heteroatoms. The fourth-order valence-corrected chi connectivity index (χ4v) is 2.51. The lowest BCUT2D eigenvalue weighted by Gasteiger charge is -2.10. The lowest BCUT2D eigenvalue weighted by Crippen LogP contribution is -2.05. The number of methoxy groups -OCH3 is 2. The summed E-state index contributed by atoms with van der Waals surface area (Å²) >= 11 is 5.95. The summed E-state index contributed by atoms with van der Waals surface area (Å²) in [4.78, 5) is 16.4. The first-order valence-corrected chi connectivity index (χ1v) is 7.72. The number of phenols is 2. The number of nitrogens with zero attached hydrogens (tertiary/aromatic N) is 1. The summed E-state index contributed by atoms with van der Waals surface area (Å²) in [5.74, 6) is -0.145. The Bertz CT molecular complexity index is 807. The van der Waals surface area contributed by atoms with Crippen LogP contribution in [0.4, 0.5) is 0 Å². The number of aryl methyl sites for hydroxylation is 1. The normalized spacial score (nSPS) is 10.9. The van der Waals surface area contributed by atoms with Crippen LogP contribution in [0.25, 0.3) is 0 Å². The molecule has 6 nitrogen and oxygen atoms in total. The highest BCUT2D eigenvalue weighted by Gasteiger charge is 2.15. The van der Waals surface area contributed by atoms with Gasteiger partial charge in [0.1, 0.15) is 12.3 Å². The van der Waals surface area contributed by atoms with Gasteiger partial charge in [-0.3, -0.25) is 9.79 Å². The molecule has 0 atom stereocenters. The van der Waals surface area contributed by atoms with Crippen molar-refractivity contribution >= 4 is 23.6 Å². The predicted molar refractivity (Wildman–Crippen MR) is 95.9 cm³/mol. The van der Waals surface area contributed by atoms with Gasteiger partial charge in [0.05, 0.1) is 14.2 Å². The average Bonchev–Trinajstić information content (AvgIpc) is 2.59. The molecule has 2 aromatic carbocycles. The van der Waals surface area contributed by atoms with E-state index in [0.29, 0.717) is 16.1 Å². The Kier molecular flexibility index (Phi) is 5.88. The lowest BCUT2D eigenvalue weighted by atomic mass is 10.1. The average molecular weight is 364 g/mol. The van der Waals surface area contributed by atoms with Crippen molar-refractivity contribution in [2.24, 2.45) is 4.99 Å². The third-order valence-corrected chi connectivity index (χ3v) is 3.78. The van der Waals surface area contributed by atoms with Crippen molar-refractivity contribution in [1.82, 2.24) is 0 Å². The van der Waals surface area contributed by atoms with Gasteiger partial charge < -0.3 is 19.7 Å². The van der Waals surface area contributed by atoms with Crippen LogP contribution in [-0.2, 0) is 0 Å². The molecule has 2 N–H and O–H groups in total. The summed E-state index contributed by atoms with van der Waals surface area (Å²) in [6, 6.07) is 6.02. The van der Waals surface area contributed by atoms with Crippen molar-refractivity contribution in [2.75, 3.05) is 20.8 Å². The molecule has 0 heterocycles. The van der Waals surface area contributed by atoms with Gasteiger partial charge >= 0.3 is 0 Å². The molecule has 132 valence electrons. The number of hydrogen-bond acceptors (Lipinski definition) is 6. The molecule has 0 fully saturated rings. The number of carbonyl (C=O) groups excluding carboxylic acids is 1. The Balaban J connectivity index is 2.21. The second-order valence-corrected chi connectivity index (χ2v) is 5.72. The third-order valence-electron chi connectivity index (χ3n) is 3.56. The fourth-order valence-electron chi connectivity index (χ4n) is 2.23. The molecule has 0 aliphatic carbocycles.